The van der Waals surface area contributed by atoms with Crippen LogP contribution < -0.4 is 5.32 Å². The van der Waals surface area contributed by atoms with Gasteiger partial charge in [-0.3, -0.25) is 9.59 Å². The lowest BCUT2D eigenvalue weighted by Crippen LogP contribution is -2.35. The second kappa shape index (κ2) is 6.11. The summed E-state index contributed by atoms with van der Waals surface area (Å²) < 4.78 is 5.66. The van der Waals surface area contributed by atoms with Gasteiger partial charge in [-0.15, -0.1) is 0 Å². The van der Waals surface area contributed by atoms with Crippen LogP contribution in [0.2, 0.25) is 0 Å². The third-order valence-corrected chi connectivity index (χ3v) is 4.70. The van der Waals surface area contributed by atoms with Crippen LogP contribution >= 0.6 is 0 Å². The third kappa shape index (κ3) is 2.74. The topological polar surface area (TPSA) is 59.3 Å². The first-order valence-electron chi connectivity index (χ1n) is 8.23. The van der Waals surface area contributed by atoms with Crippen LogP contribution in [0.1, 0.15) is 77.7 Å². The molecule has 4 nitrogen and oxygen atoms in total. The largest absolute Gasteiger partial charge is 0.465 e. The van der Waals surface area contributed by atoms with Gasteiger partial charge in [0.2, 0.25) is 0 Å². The minimum absolute atomic E-state index is 0.0106. The number of carbonyl (C=O) groups is 2. The van der Waals surface area contributed by atoms with Gasteiger partial charge < -0.3 is 9.73 Å². The van der Waals surface area contributed by atoms with Gasteiger partial charge in [0.1, 0.15) is 11.5 Å². The molecule has 118 valence electrons. The van der Waals surface area contributed by atoms with Gasteiger partial charge in [0.05, 0.1) is 11.1 Å². The lowest BCUT2D eigenvalue weighted by Gasteiger charge is -2.21. The average molecular weight is 301 g/mol. The van der Waals surface area contributed by atoms with Crippen LogP contribution in [0.4, 0.5) is 0 Å². The highest BCUT2D eigenvalue weighted by atomic mass is 16.3. The maximum Gasteiger partial charge on any atom is 0.256 e. The molecular formula is C18H23NO3. The highest BCUT2D eigenvalue weighted by molar-refractivity contribution is 6.10. The second-order valence-corrected chi connectivity index (χ2v) is 6.33. The standard InChI is InChI=1S/C18H23NO3/c1-11(13-7-4-3-5-8-13)19-18(21)16-12(2)22-15-10-6-9-14(20)17(15)16/h7,11H,3-6,8-10H2,1-2H3,(H,19,21)/t11-/m1/s1. The number of amides is 1. The second-order valence-electron chi connectivity index (χ2n) is 6.33. The average Bonchev–Trinajstić information content (AvgIpc) is 2.85. The minimum atomic E-state index is -0.184. The Balaban J connectivity index is 1.82. The van der Waals surface area contributed by atoms with Gasteiger partial charge in [0, 0.05) is 18.9 Å². The fraction of sp³-hybridized carbons (Fsp3) is 0.556. The van der Waals surface area contributed by atoms with Crippen LogP contribution in [0.5, 0.6) is 0 Å². The number of hydrogen-bond acceptors (Lipinski definition) is 3. The molecule has 3 rings (SSSR count). The molecule has 2 aliphatic carbocycles. The van der Waals surface area contributed by atoms with Gasteiger partial charge in [-0.25, -0.2) is 0 Å². The molecule has 0 saturated heterocycles. The van der Waals surface area contributed by atoms with E-state index in [9.17, 15) is 9.59 Å². The van der Waals surface area contributed by atoms with Crippen molar-refractivity contribution >= 4 is 11.7 Å². The minimum Gasteiger partial charge on any atom is -0.465 e. The Morgan fingerprint density at radius 1 is 1.23 bits per heavy atom. The quantitative estimate of drug-likeness (QED) is 0.865. The Morgan fingerprint density at radius 3 is 2.77 bits per heavy atom. The molecule has 0 radical (unpaired) electrons. The molecule has 0 aliphatic heterocycles. The molecule has 0 spiro atoms. The summed E-state index contributed by atoms with van der Waals surface area (Å²) in [6.45, 7) is 3.78. The van der Waals surface area contributed by atoms with Crippen molar-refractivity contribution in [3.8, 4) is 0 Å². The van der Waals surface area contributed by atoms with Gasteiger partial charge in [0.15, 0.2) is 5.78 Å². The number of ketones is 1. The molecule has 0 bridgehead atoms. The van der Waals surface area contributed by atoms with E-state index in [-0.39, 0.29) is 17.7 Å². The highest BCUT2D eigenvalue weighted by Gasteiger charge is 2.31. The fourth-order valence-corrected chi connectivity index (χ4v) is 3.50. The normalized spacial score (nSPS) is 19.4. The van der Waals surface area contributed by atoms with Crippen LogP contribution in [0, 0.1) is 6.92 Å². The first-order chi connectivity index (χ1) is 10.6. The Bertz CT molecular complexity index is 639. The molecule has 1 heterocycles. The summed E-state index contributed by atoms with van der Waals surface area (Å²) in [4.78, 5) is 24.8. The first kappa shape index (κ1) is 15.1. The van der Waals surface area contributed by atoms with E-state index in [2.05, 4.69) is 11.4 Å². The molecule has 0 saturated carbocycles. The molecular weight excluding hydrogens is 278 g/mol. The van der Waals surface area contributed by atoms with Crippen molar-refractivity contribution in [1.29, 1.82) is 0 Å². The Morgan fingerprint density at radius 2 is 2.05 bits per heavy atom. The Kier molecular flexibility index (Phi) is 4.19. The number of nitrogens with one attached hydrogen (secondary N) is 1. The van der Waals surface area contributed by atoms with E-state index in [4.69, 9.17) is 4.42 Å². The molecule has 1 N–H and O–H groups in total. The van der Waals surface area contributed by atoms with E-state index in [1.54, 1.807) is 6.92 Å². The summed E-state index contributed by atoms with van der Waals surface area (Å²) >= 11 is 0. The molecule has 0 unspecified atom stereocenters. The Labute approximate surface area is 131 Å². The maximum absolute atomic E-state index is 12.6. The lowest BCUT2D eigenvalue weighted by molar-refractivity contribution is 0.0921. The summed E-state index contributed by atoms with van der Waals surface area (Å²) in [6.07, 6.45) is 8.85. The summed E-state index contributed by atoms with van der Waals surface area (Å²) in [5, 5.41) is 3.04. The van der Waals surface area contributed by atoms with Crippen molar-refractivity contribution in [1.82, 2.24) is 5.32 Å². The molecule has 1 aromatic heterocycles. The summed E-state index contributed by atoms with van der Waals surface area (Å²) in [5.41, 5.74) is 2.26. The number of aryl methyl sites for hydroxylation is 2. The van der Waals surface area contributed by atoms with Crippen LogP contribution in [-0.2, 0) is 6.42 Å². The van der Waals surface area contributed by atoms with Gasteiger partial charge in [-0.1, -0.05) is 11.6 Å². The van der Waals surface area contributed by atoms with Crippen molar-refractivity contribution in [2.75, 3.05) is 0 Å². The SMILES string of the molecule is Cc1oc2c(c1C(=O)N[C@H](C)C1=CCCCC1)C(=O)CCC2. The lowest BCUT2D eigenvalue weighted by atomic mass is 9.92. The molecule has 22 heavy (non-hydrogen) atoms. The highest BCUT2D eigenvalue weighted by Crippen LogP contribution is 2.30. The van der Waals surface area contributed by atoms with Gasteiger partial charge >= 0.3 is 0 Å². The molecule has 1 amide bonds. The van der Waals surface area contributed by atoms with E-state index in [1.165, 1.54) is 18.4 Å². The summed E-state index contributed by atoms with van der Waals surface area (Å²) in [5.74, 6) is 1.09. The number of carbonyl (C=O) groups excluding carboxylic acids is 2. The molecule has 2 aliphatic rings. The number of allylic oxidation sites excluding steroid dienone is 1. The molecule has 1 aromatic rings. The van der Waals surface area contributed by atoms with E-state index < -0.39 is 0 Å². The van der Waals surface area contributed by atoms with Crippen LogP contribution in [-0.4, -0.2) is 17.7 Å². The number of hydrogen-bond donors (Lipinski definition) is 1. The summed E-state index contributed by atoms with van der Waals surface area (Å²) in [6, 6.07) is 0.0106. The van der Waals surface area contributed by atoms with Crippen LogP contribution in [0.25, 0.3) is 0 Å². The zero-order chi connectivity index (χ0) is 15.7. The third-order valence-electron chi connectivity index (χ3n) is 4.70. The number of rotatable bonds is 3. The van der Waals surface area contributed by atoms with Crippen LogP contribution in [0.15, 0.2) is 16.1 Å². The predicted octanol–water partition coefficient (Wildman–Crippen LogP) is 3.73. The number of Topliss-reactive ketones (excluding diaryl/α,β-unsaturated/α-hetero) is 1. The number of fused-ring (bicyclic) bond motifs is 1. The fourth-order valence-electron chi connectivity index (χ4n) is 3.50. The monoisotopic (exact) mass is 301 g/mol. The maximum atomic E-state index is 12.6. The molecule has 1 atom stereocenters. The van der Waals surface area contributed by atoms with Crippen LogP contribution in [0.3, 0.4) is 0 Å². The smallest absolute Gasteiger partial charge is 0.256 e. The van der Waals surface area contributed by atoms with Gasteiger partial charge in [-0.05, 0) is 46.0 Å². The van der Waals surface area contributed by atoms with E-state index >= 15 is 0 Å². The van der Waals surface area contributed by atoms with Crippen molar-refractivity contribution in [2.24, 2.45) is 0 Å². The Hall–Kier alpha value is -1.84. The molecule has 0 fully saturated rings. The zero-order valence-electron chi connectivity index (χ0n) is 13.3. The molecule has 4 heteroatoms. The van der Waals surface area contributed by atoms with Crippen molar-refractivity contribution < 1.29 is 14.0 Å². The van der Waals surface area contributed by atoms with Crippen molar-refractivity contribution in [2.45, 2.75) is 64.8 Å². The zero-order valence-corrected chi connectivity index (χ0v) is 13.3. The summed E-state index contributed by atoms with van der Waals surface area (Å²) in [7, 11) is 0. The van der Waals surface area contributed by atoms with Crippen molar-refractivity contribution in [3.05, 3.63) is 34.3 Å². The van der Waals surface area contributed by atoms with Crippen molar-refractivity contribution in [3.63, 3.8) is 0 Å². The van der Waals surface area contributed by atoms with E-state index in [0.29, 0.717) is 29.1 Å². The van der Waals surface area contributed by atoms with Gasteiger partial charge in [0.25, 0.3) is 5.91 Å². The first-order valence-corrected chi connectivity index (χ1v) is 8.23. The van der Waals surface area contributed by atoms with Gasteiger partial charge in [-0.2, -0.15) is 0 Å². The van der Waals surface area contributed by atoms with E-state index in [0.717, 1.165) is 25.7 Å². The molecule has 0 aromatic carbocycles. The predicted molar refractivity (Wildman–Crippen MR) is 84.2 cm³/mol. The van der Waals surface area contributed by atoms with E-state index in [1.807, 2.05) is 6.92 Å². The number of furan rings is 1.